The van der Waals surface area contributed by atoms with Crippen molar-refractivity contribution in [1.29, 1.82) is 0 Å². The molecule has 1 N–H and O–H groups in total. The molecule has 0 saturated heterocycles. The lowest BCUT2D eigenvalue weighted by atomic mass is 10.1. The quantitative estimate of drug-likeness (QED) is 0.894. The SMILES string of the molecule is CC(C)(C)OC(=O)NCCc1ccc(CF)cc1. The molecule has 100 valence electrons. The number of carbonyl (C=O) groups is 1. The molecule has 0 aliphatic carbocycles. The van der Waals surface area contributed by atoms with Crippen molar-refractivity contribution >= 4 is 6.09 Å². The fourth-order valence-electron chi connectivity index (χ4n) is 1.42. The Bertz CT molecular complexity index is 382. The van der Waals surface area contributed by atoms with Crippen LogP contribution in [0.2, 0.25) is 0 Å². The second-order valence-electron chi connectivity index (χ2n) is 5.13. The van der Waals surface area contributed by atoms with Crippen LogP contribution in [-0.2, 0) is 17.8 Å². The lowest BCUT2D eigenvalue weighted by Crippen LogP contribution is -2.33. The minimum Gasteiger partial charge on any atom is -0.444 e. The molecule has 0 fully saturated rings. The van der Waals surface area contributed by atoms with E-state index in [0.717, 1.165) is 5.56 Å². The van der Waals surface area contributed by atoms with Crippen molar-refractivity contribution in [3.05, 3.63) is 35.4 Å². The van der Waals surface area contributed by atoms with Gasteiger partial charge in [-0.05, 0) is 38.3 Å². The molecular weight excluding hydrogens is 233 g/mol. The lowest BCUT2D eigenvalue weighted by Gasteiger charge is -2.19. The van der Waals surface area contributed by atoms with Gasteiger partial charge in [0.25, 0.3) is 0 Å². The number of hydrogen-bond donors (Lipinski definition) is 1. The normalized spacial score (nSPS) is 11.1. The van der Waals surface area contributed by atoms with Crippen LogP contribution in [-0.4, -0.2) is 18.2 Å². The largest absolute Gasteiger partial charge is 0.444 e. The number of ether oxygens (including phenoxy) is 1. The second kappa shape index (κ2) is 6.38. The maximum atomic E-state index is 12.3. The Morgan fingerprint density at radius 1 is 1.22 bits per heavy atom. The van der Waals surface area contributed by atoms with Gasteiger partial charge in [0.2, 0.25) is 0 Å². The highest BCUT2D eigenvalue weighted by Crippen LogP contribution is 2.07. The first-order valence-electron chi connectivity index (χ1n) is 6.01. The van der Waals surface area contributed by atoms with Crippen LogP contribution in [0.3, 0.4) is 0 Å². The highest BCUT2D eigenvalue weighted by Gasteiger charge is 2.15. The number of halogens is 1. The van der Waals surface area contributed by atoms with Gasteiger partial charge in [0.05, 0.1) is 0 Å². The van der Waals surface area contributed by atoms with Gasteiger partial charge in [0.15, 0.2) is 0 Å². The first-order chi connectivity index (χ1) is 8.40. The zero-order valence-electron chi connectivity index (χ0n) is 11.1. The van der Waals surface area contributed by atoms with E-state index in [1.807, 2.05) is 32.9 Å². The molecule has 1 aromatic rings. The van der Waals surface area contributed by atoms with E-state index >= 15 is 0 Å². The second-order valence-corrected chi connectivity index (χ2v) is 5.13. The summed E-state index contributed by atoms with van der Waals surface area (Å²) in [5, 5.41) is 2.68. The van der Waals surface area contributed by atoms with Gasteiger partial charge < -0.3 is 10.1 Å². The Morgan fingerprint density at radius 2 is 1.78 bits per heavy atom. The van der Waals surface area contributed by atoms with E-state index < -0.39 is 18.4 Å². The van der Waals surface area contributed by atoms with E-state index in [0.29, 0.717) is 18.5 Å². The van der Waals surface area contributed by atoms with E-state index in [2.05, 4.69) is 5.32 Å². The van der Waals surface area contributed by atoms with Gasteiger partial charge in [-0.15, -0.1) is 0 Å². The summed E-state index contributed by atoms with van der Waals surface area (Å²) in [6, 6.07) is 7.24. The van der Waals surface area contributed by atoms with Gasteiger partial charge in [-0.25, -0.2) is 9.18 Å². The molecule has 0 aliphatic heterocycles. The molecule has 0 aliphatic rings. The molecular formula is C14H20FNO2. The highest BCUT2D eigenvalue weighted by atomic mass is 19.1. The first kappa shape index (κ1) is 14.5. The monoisotopic (exact) mass is 253 g/mol. The number of hydrogen-bond acceptors (Lipinski definition) is 2. The van der Waals surface area contributed by atoms with E-state index in [1.54, 1.807) is 12.1 Å². The maximum absolute atomic E-state index is 12.3. The number of rotatable bonds is 4. The smallest absolute Gasteiger partial charge is 0.407 e. The Labute approximate surface area is 107 Å². The Balaban J connectivity index is 2.30. The summed E-state index contributed by atoms with van der Waals surface area (Å²) >= 11 is 0. The van der Waals surface area contributed by atoms with Gasteiger partial charge in [0.1, 0.15) is 12.3 Å². The summed E-state index contributed by atoms with van der Waals surface area (Å²) in [7, 11) is 0. The van der Waals surface area contributed by atoms with Gasteiger partial charge in [0, 0.05) is 6.54 Å². The Kier molecular flexibility index (Phi) is 5.13. The molecule has 0 saturated carbocycles. The van der Waals surface area contributed by atoms with Crippen molar-refractivity contribution in [1.82, 2.24) is 5.32 Å². The molecule has 0 unspecified atom stereocenters. The average molecular weight is 253 g/mol. The summed E-state index contributed by atoms with van der Waals surface area (Å²) in [5.41, 5.74) is 1.24. The molecule has 0 atom stereocenters. The van der Waals surface area contributed by atoms with Crippen LogP contribution in [0.4, 0.5) is 9.18 Å². The van der Waals surface area contributed by atoms with Crippen molar-refractivity contribution in [2.75, 3.05) is 6.54 Å². The van der Waals surface area contributed by atoms with Crippen molar-refractivity contribution < 1.29 is 13.9 Å². The molecule has 0 bridgehead atoms. The summed E-state index contributed by atoms with van der Waals surface area (Å²) in [6.07, 6.45) is 0.286. The van der Waals surface area contributed by atoms with Crippen molar-refractivity contribution in [3.63, 3.8) is 0 Å². The van der Waals surface area contributed by atoms with Crippen molar-refractivity contribution in [3.8, 4) is 0 Å². The number of amides is 1. The van der Waals surface area contributed by atoms with Crippen LogP contribution >= 0.6 is 0 Å². The van der Waals surface area contributed by atoms with Crippen molar-refractivity contribution in [2.24, 2.45) is 0 Å². The topological polar surface area (TPSA) is 38.3 Å². The maximum Gasteiger partial charge on any atom is 0.407 e. The van der Waals surface area contributed by atoms with Gasteiger partial charge >= 0.3 is 6.09 Å². The molecule has 1 amide bonds. The Morgan fingerprint density at radius 3 is 2.28 bits per heavy atom. The number of alkyl halides is 1. The molecule has 0 heterocycles. The number of carbonyl (C=O) groups excluding carboxylic acids is 1. The Hall–Kier alpha value is -1.58. The summed E-state index contributed by atoms with van der Waals surface area (Å²) < 4.78 is 17.4. The molecule has 18 heavy (non-hydrogen) atoms. The third-order valence-electron chi connectivity index (χ3n) is 2.26. The number of nitrogens with one attached hydrogen (secondary N) is 1. The third kappa shape index (κ3) is 5.66. The van der Waals surface area contributed by atoms with Crippen LogP contribution in [0.25, 0.3) is 0 Å². The minimum absolute atomic E-state index is 0.414. The van der Waals surface area contributed by atoms with Gasteiger partial charge in [-0.2, -0.15) is 0 Å². The molecule has 0 radical (unpaired) electrons. The predicted molar refractivity (Wildman–Crippen MR) is 69.2 cm³/mol. The summed E-state index contributed by atoms with van der Waals surface area (Å²) in [4.78, 5) is 11.4. The molecule has 3 nitrogen and oxygen atoms in total. The van der Waals surface area contributed by atoms with Crippen LogP contribution in [0, 0.1) is 0 Å². The summed E-state index contributed by atoms with van der Waals surface area (Å²) in [5.74, 6) is 0. The summed E-state index contributed by atoms with van der Waals surface area (Å²) in [6.45, 7) is 5.52. The van der Waals surface area contributed by atoms with Crippen LogP contribution in [0.15, 0.2) is 24.3 Å². The zero-order valence-corrected chi connectivity index (χ0v) is 11.1. The number of benzene rings is 1. The van der Waals surface area contributed by atoms with E-state index in [1.165, 1.54) is 0 Å². The third-order valence-corrected chi connectivity index (χ3v) is 2.26. The fourth-order valence-corrected chi connectivity index (χ4v) is 1.42. The predicted octanol–water partition coefficient (Wildman–Crippen LogP) is 3.22. The molecule has 1 aromatic carbocycles. The van der Waals surface area contributed by atoms with Crippen LogP contribution in [0.1, 0.15) is 31.9 Å². The van der Waals surface area contributed by atoms with Crippen molar-refractivity contribution in [2.45, 2.75) is 39.5 Å². The standard InChI is InChI=1S/C14H20FNO2/c1-14(2,3)18-13(17)16-9-8-11-4-6-12(10-15)7-5-11/h4-7H,8-10H2,1-3H3,(H,16,17). The first-order valence-corrected chi connectivity index (χ1v) is 6.01. The molecule has 0 aromatic heterocycles. The van der Waals surface area contributed by atoms with Crippen LogP contribution in [0.5, 0.6) is 0 Å². The minimum atomic E-state index is -0.479. The molecule has 1 rings (SSSR count). The van der Waals surface area contributed by atoms with E-state index in [-0.39, 0.29) is 0 Å². The average Bonchev–Trinajstić information content (AvgIpc) is 2.27. The van der Waals surface area contributed by atoms with Gasteiger partial charge in [-0.1, -0.05) is 24.3 Å². The van der Waals surface area contributed by atoms with E-state index in [4.69, 9.17) is 4.74 Å². The zero-order chi connectivity index (χ0) is 13.6. The molecule has 0 spiro atoms. The highest BCUT2D eigenvalue weighted by molar-refractivity contribution is 5.67. The van der Waals surface area contributed by atoms with E-state index in [9.17, 15) is 9.18 Å². The number of alkyl carbamates (subject to hydrolysis) is 1. The fraction of sp³-hybridized carbons (Fsp3) is 0.500. The lowest BCUT2D eigenvalue weighted by molar-refractivity contribution is 0.0528. The van der Waals surface area contributed by atoms with Crippen LogP contribution < -0.4 is 5.32 Å². The van der Waals surface area contributed by atoms with Gasteiger partial charge in [-0.3, -0.25) is 0 Å². The molecule has 4 heteroatoms.